The van der Waals surface area contributed by atoms with Crippen molar-refractivity contribution in [1.29, 1.82) is 0 Å². The summed E-state index contributed by atoms with van der Waals surface area (Å²) in [5.74, 6) is 0. The van der Waals surface area contributed by atoms with Gasteiger partial charge in [0.2, 0.25) is 0 Å². The van der Waals surface area contributed by atoms with Gasteiger partial charge >= 0.3 is 0 Å². The fourth-order valence-electron chi connectivity index (χ4n) is 0.731. The topological polar surface area (TPSA) is 21.3 Å². The van der Waals surface area contributed by atoms with Crippen LogP contribution in [0.3, 0.4) is 0 Å². The molecule has 0 spiro atoms. The fraction of sp³-hybridized carbons (Fsp3) is 1.00. The summed E-state index contributed by atoms with van der Waals surface area (Å²) in [6.07, 6.45) is 1.15. The summed E-state index contributed by atoms with van der Waals surface area (Å²) >= 11 is 0. The molecule has 2 heteroatoms. The number of hydrogen-bond acceptors (Lipinski definition) is 2. The first-order chi connectivity index (χ1) is 5.12. The Morgan fingerprint density at radius 2 is 1.91 bits per heavy atom. The Balaban J connectivity index is 3.23. The summed E-state index contributed by atoms with van der Waals surface area (Å²) < 4.78 is 5.21. The summed E-state index contributed by atoms with van der Waals surface area (Å²) in [4.78, 5) is 0. The Kier molecular flexibility index (Phi) is 5.51. The van der Waals surface area contributed by atoms with Crippen molar-refractivity contribution in [2.45, 2.75) is 39.7 Å². The second-order valence-electron chi connectivity index (χ2n) is 3.36. The van der Waals surface area contributed by atoms with Gasteiger partial charge in [0.05, 0.1) is 6.61 Å². The summed E-state index contributed by atoms with van der Waals surface area (Å²) in [5.41, 5.74) is 0.261. The molecule has 0 saturated heterocycles. The number of ether oxygens (including phenoxy) is 1. The van der Waals surface area contributed by atoms with Gasteiger partial charge in [0, 0.05) is 18.7 Å². The Morgan fingerprint density at radius 3 is 2.36 bits per heavy atom. The first-order valence-electron chi connectivity index (χ1n) is 4.45. The van der Waals surface area contributed by atoms with E-state index in [4.69, 9.17) is 4.74 Å². The average molecular weight is 159 g/mol. The molecule has 0 saturated carbocycles. The molecule has 0 aliphatic carbocycles. The standard InChI is InChI=1S/C9H21NO/c1-5-9(3,4)10-7-8-11-6-2/h10H,5-8H2,1-4H3. The van der Waals surface area contributed by atoms with E-state index in [0.717, 1.165) is 26.2 Å². The number of rotatable bonds is 6. The lowest BCUT2D eigenvalue weighted by Crippen LogP contribution is -2.40. The zero-order valence-electron chi connectivity index (χ0n) is 8.24. The molecule has 0 bridgehead atoms. The van der Waals surface area contributed by atoms with Crippen LogP contribution in [0.25, 0.3) is 0 Å². The van der Waals surface area contributed by atoms with Gasteiger partial charge in [-0.15, -0.1) is 0 Å². The van der Waals surface area contributed by atoms with Crippen LogP contribution >= 0.6 is 0 Å². The highest BCUT2D eigenvalue weighted by atomic mass is 16.5. The molecule has 2 nitrogen and oxygen atoms in total. The van der Waals surface area contributed by atoms with E-state index in [9.17, 15) is 0 Å². The maximum absolute atomic E-state index is 5.21. The molecule has 0 aliphatic rings. The normalized spacial score (nSPS) is 12.0. The molecule has 68 valence electrons. The van der Waals surface area contributed by atoms with Crippen LogP contribution in [0.2, 0.25) is 0 Å². The van der Waals surface area contributed by atoms with Crippen molar-refractivity contribution in [3.8, 4) is 0 Å². The molecule has 0 atom stereocenters. The molecule has 0 aromatic carbocycles. The highest BCUT2D eigenvalue weighted by Gasteiger charge is 2.12. The maximum atomic E-state index is 5.21. The van der Waals surface area contributed by atoms with Gasteiger partial charge in [-0.3, -0.25) is 0 Å². The predicted octanol–water partition coefficient (Wildman–Crippen LogP) is 1.80. The lowest BCUT2D eigenvalue weighted by Gasteiger charge is -2.24. The van der Waals surface area contributed by atoms with Crippen molar-refractivity contribution in [2.24, 2.45) is 0 Å². The first-order valence-corrected chi connectivity index (χ1v) is 4.45. The molecular formula is C9H21NO. The second kappa shape index (κ2) is 5.56. The molecule has 0 aromatic rings. The monoisotopic (exact) mass is 159 g/mol. The zero-order valence-corrected chi connectivity index (χ0v) is 8.24. The molecule has 0 amide bonds. The van der Waals surface area contributed by atoms with Gasteiger partial charge in [0.1, 0.15) is 0 Å². The molecule has 0 unspecified atom stereocenters. The zero-order chi connectivity index (χ0) is 8.74. The smallest absolute Gasteiger partial charge is 0.0590 e. The lowest BCUT2D eigenvalue weighted by atomic mass is 10.0. The molecule has 0 aliphatic heterocycles. The van der Waals surface area contributed by atoms with Gasteiger partial charge in [-0.1, -0.05) is 6.92 Å². The Morgan fingerprint density at radius 1 is 1.27 bits per heavy atom. The SMILES string of the molecule is CCOCCNC(C)(C)CC. The minimum Gasteiger partial charge on any atom is -0.380 e. The molecular weight excluding hydrogens is 138 g/mol. The van der Waals surface area contributed by atoms with Crippen LogP contribution in [0, 0.1) is 0 Å². The Hall–Kier alpha value is -0.0800. The van der Waals surface area contributed by atoms with Gasteiger partial charge in [-0.2, -0.15) is 0 Å². The summed E-state index contributed by atoms with van der Waals surface area (Å²) in [6.45, 7) is 11.2. The largest absolute Gasteiger partial charge is 0.380 e. The van der Waals surface area contributed by atoms with Gasteiger partial charge in [-0.05, 0) is 27.2 Å². The lowest BCUT2D eigenvalue weighted by molar-refractivity contribution is 0.142. The van der Waals surface area contributed by atoms with E-state index in [1.165, 1.54) is 0 Å². The second-order valence-corrected chi connectivity index (χ2v) is 3.36. The number of hydrogen-bond donors (Lipinski definition) is 1. The van der Waals surface area contributed by atoms with Crippen LogP contribution < -0.4 is 5.32 Å². The summed E-state index contributed by atoms with van der Waals surface area (Å²) in [5, 5.41) is 3.42. The molecule has 11 heavy (non-hydrogen) atoms. The highest BCUT2D eigenvalue weighted by molar-refractivity contribution is 4.74. The van der Waals surface area contributed by atoms with E-state index in [0.29, 0.717) is 0 Å². The molecule has 0 radical (unpaired) electrons. The number of nitrogens with one attached hydrogen (secondary N) is 1. The van der Waals surface area contributed by atoms with Gasteiger partial charge in [-0.25, -0.2) is 0 Å². The highest BCUT2D eigenvalue weighted by Crippen LogP contribution is 2.05. The molecule has 0 heterocycles. The summed E-state index contributed by atoms with van der Waals surface area (Å²) in [7, 11) is 0. The quantitative estimate of drug-likeness (QED) is 0.597. The minimum atomic E-state index is 0.261. The third kappa shape index (κ3) is 6.32. The van der Waals surface area contributed by atoms with E-state index < -0.39 is 0 Å². The maximum Gasteiger partial charge on any atom is 0.0590 e. The van der Waals surface area contributed by atoms with Crippen LogP contribution in [-0.4, -0.2) is 25.3 Å². The molecule has 0 aromatic heterocycles. The fourth-order valence-corrected chi connectivity index (χ4v) is 0.731. The molecule has 0 fully saturated rings. The van der Waals surface area contributed by atoms with Gasteiger partial charge < -0.3 is 10.1 Å². The van der Waals surface area contributed by atoms with Crippen LogP contribution in [0.1, 0.15) is 34.1 Å². The van der Waals surface area contributed by atoms with Crippen molar-refractivity contribution in [3.05, 3.63) is 0 Å². The van der Waals surface area contributed by atoms with E-state index in [1.807, 2.05) is 6.92 Å². The van der Waals surface area contributed by atoms with Crippen LogP contribution in [0.5, 0.6) is 0 Å². The average Bonchev–Trinajstić information content (AvgIpc) is 1.99. The van der Waals surface area contributed by atoms with E-state index in [1.54, 1.807) is 0 Å². The molecule has 0 rings (SSSR count). The predicted molar refractivity (Wildman–Crippen MR) is 48.9 cm³/mol. The van der Waals surface area contributed by atoms with Crippen molar-refractivity contribution >= 4 is 0 Å². The van der Waals surface area contributed by atoms with Crippen molar-refractivity contribution in [3.63, 3.8) is 0 Å². The van der Waals surface area contributed by atoms with Crippen molar-refractivity contribution in [2.75, 3.05) is 19.8 Å². The van der Waals surface area contributed by atoms with Crippen LogP contribution in [-0.2, 0) is 4.74 Å². The van der Waals surface area contributed by atoms with Gasteiger partial charge in [0.15, 0.2) is 0 Å². The van der Waals surface area contributed by atoms with E-state index in [2.05, 4.69) is 26.1 Å². The third-order valence-electron chi connectivity index (χ3n) is 1.94. The summed E-state index contributed by atoms with van der Waals surface area (Å²) in [6, 6.07) is 0. The molecule has 1 N–H and O–H groups in total. The van der Waals surface area contributed by atoms with Crippen molar-refractivity contribution in [1.82, 2.24) is 5.32 Å². The van der Waals surface area contributed by atoms with Crippen LogP contribution in [0.4, 0.5) is 0 Å². The van der Waals surface area contributed by atoms with Crippen LogP contribution in [0.15, 0.2) is 0 Å². The minimum absolute atomic E-state index is 0.261. The third-order valence-corrected chi connectivity index (χ3v) is 1.94. The Bertz CT molecular complexity index is 91.6. The van der Waals surface area contributed by atoms with Gasteiger partial charge in [0.25, 0.3) is 0 Å². The van der Waals surface area contributed by atoms with E-state index in [-0.39, 0.29) is 5.54 Å². The van der Waals surface area contributed by atoms with Crippen molar-refractivity contribution < 1.29 is 4.74 Å². The Labute approximate surface area is 70.3 Å². The first kappa shape index (κ1) is 10.9. The van der Waals surface area contributed by atoms with E-state index >= 15 is 0 Å².